The first kappa shape index (κ1) is 13.7. The van der Waals surface area contributed by atoms with Crippen LogP contribution in [-0.4, -0.2) is 53.5 Å². The van der Waals surface area contributed by atoms with Gasteiger partial charge in [0.2, 0.25) is 5.28 Å². The molecule has 100 valence electrons. The minimum absolute atomic E-state index is 0.343. The molecule has 0 unspecified atom stereocenters. The summed E-state index contributed by atoms with van der Waals surface area (Å²) in [7, 11) is 4.30. The molecule has 1 aromatic heterocycles. The zero-order chi connectivity index (χ0) is 13.0. The molecular weight excluding hydrogens is 248 g/mol. The molecule has 2 heterocycles. The van der Waals surface area contributed by atoms with Crippen molar-refractivity contribution in [1.29, 1.82) is 0 Å². The van der Waals surface area contributed by atoms with Gasteiger partial charge in [-0.3, -0.25) is 4.90 Å². The zero-order valence-corrected chi connectivity index (χ0v) is 11.9. The maximum atomic E-state index is 5.80. The molecule has 0 atom stereocenters. The van der Waals surface area contributed by atoms with Crippen molar-refractivity contribution < 1.29 is 0 Å². The fourth-order valence-corrected chi connectivity index (χ4v) is 2.70. The lowest BCUT2D eigenvalue weighted by Crippen LogP contribution is -2.36. The fourth-order valence-electron chi connectivity index (χ4n) is 2.53. The highest BCUT2D eigenvalue weighted by molar-refractivity contribution is 6.28. The first-order chi connectivity index (χ1) is 8.63. The van der Waals surface area contributed by atoms with E-state index in [4.69, 9.17) is 11.6 Å². The average molecular weight is 269 g/mol. The van der Waals surface area contributed by atoms with E-state index in [1.807, 2.05) is 6.07 Å². The molecule has 1 fully saturated rings. The van der Waals surface area contributed by atoms with E-state index in [0.29, 0.717) is 5.28 Å². The first-order valence-corrected chi connectivity index (χ1v) is 6.86. The fraction of sp³-hybridized carbons (Fsp3) is 0.692. The van der Waals surface area contributed by atoms with E-state index >= 15 is 0 Å². The quantitative estimate of drug-likeness (QED) is 0.781. The highest BCUT2D eigenvalue weighted by Crippen LogP contribution is 2.19. The van der Waals surface area contributed by atoms with Crippen LogP contribution in [0.1, 0.15) is 18.5 Å². The van der Waals surface area contributed by atoms with Gasteiger partial charge in [-0.1, -0.05) is 0 Å². The molecule has 18 heavy (non-hydrogen) atoms. The monoisotopic (exact) mass is 268 g/mol. The van der Waals surface area contributed by atoms with Gasteiger partial charge in [0.25, 0.3) is 0 Å². The standard InChI is InChI=1S/C13H21ClN4/c1-17(2)9-11-4-7-18(8-5-11)10-12-3-6-15-13(14)16-12/h3,6,11H,4-5,7-10H2,1-2H3. The Bertz CT molecular complexity index is 375. The molecule has 0 aromatic carbocycles. The molecule has 0 aliphatic carbocycles. The van der Waals surface area contributed by atoms with Crippen molar-refractivity contribution in [2.45, 2.75) is 19.4 Å². The smallest absolute Gasteiger partial charge is 0.222 e. The highest BCUT2D eigenvalue weighted by atomic mass is 35.5. The summed E-state index contributed by atoms with van der Waals surface area (Å²) in [6.07, 6.45) is 4.28. The van der Waals surface area contributed by atoms with Gasteiger partial charge in [-0.15, -0.1) is 0 Å². The van der Waals surface area contributed by atoms with Gasteiger partial charge in [0.1, 0.15) is 0 Å². The number of nitrogens with zero attached hydrogens (tertiary/aromatic N) is 4. The highest BCUT2D eigenvalue weighted by Gasteiger charge is 2.19. The van der Waals surface area contributed by atoms with Crippen molar-refractivity contribution in [2.75, 3.05) is 33.7 Å². The van der Waals surface area contributed by atoms with Gasteiger partial charge in [0.15, 0.2) is 0 Å². The van der Waals surface area contributed by atoms with Crippen molar-refractivity contribution in [3.8, 4) is 0 Å². The zero-order valence-electron chi connectivity index (χ0n) is 11.1. The Morgan fingerprint density at radius 1 is 1.39 bits per heavy atom. The van der Waals surface area contributed by atoms with Gasteiger partial charge in [0.05, 0.1) is 5.69 Å². The summed E-state index contributed by atoms with van der Waals surface area (Å²) in [6.45, 7) is 4.39. The van der Waals surface area contributed by atoms with E-state index in [2.05, 4.69) is 33.9 Å². The number of halogens is 1. The van der Waals surface area contributed by atoms with E-state index in [0.717, 1.165) is 31.2 Å². The molecule has 5 heteroatoms. The average Bonchev–Trinajstić information content (AvgIpc) is 2.31. The molecule has 1 saturated heterocycles. The maximum Gasteiger partial charge on any atom is 0.222 e. The van der Waals surface area contributed by atoms with Crippen molar-refractivity contribution in [3.63, 3.8) is 0 Å². The van der Waals surface area contributed by atoms with E-state index in [-0.39, 0.29) is 0 Å². The van der Waals surface area contributed by atoms with E-state index in [1.54, 1.807) is 6.20 Å². The molecule has 0 saturated carbocycles. The summed E-state index contributed by atoms with van der Waals surface area (Å²) >= 11 is 5.80. The van der Waals surface area contributed by atoms with Crippen molar-refractivity contribution in [3.05, 3.63) is 23.2 Å². The number of hydrogen-bond acceptors (Lipinski definition) is 4. The lowest BCUT2D eigenvalue weighted by atomic mass is 9.96. The van der Waals surface area contributed by atoms with Gasteiger partial charge in [-0.25, -0.2) is 9.97 Å². The third kappa shape index (κ3) is 4.19. The largest absolute Gasteiger partial charge is 0.309 e. The molecule has 2 rings (SSSR count). The molecule has 1 aliphatic heterocycles. The van der Waals surface area contributed by atoms with Crippen LogP contribution in [0.15, 0.2) is 12.3 Å². The van der Waals surface area contributed by atoms with Gasteiger partial charge in [-0.2, -0.15) is 0 Å². The van der Waals surface area contributed by atoms with Crippen LogP contribution in [0.25, 0.3) is 0 Å². The molecule has 0 spiro atoms. The number of hydrogen-bond donors (Lipinski definition) is 0. The predicted octanol–water partition coefficient (Wildman–Crippen LogP) is 1.90. The van der Waals surface area contributed by atoms with Crippen LogP contribution in [-0.2, 0) is 6.54 Å². The van der Waals surface area contributed by atoms with E-state index in [9.17, 15) is 0 Å². The predicted molar refractivity (Wildman–Crippen MR) is 73.6 cm³/mol. The lowest BCUT2D eigenvalue weighted by Gasteiger charge is -2.32. The third-order valence-corrected chi connectivity index (χ3v) is 3.58. The second-order valence-electron chi connectivity index (χ2n) is 5.30. The Labute approximate surface area is 114 Å². The summed E-state index contributed by atoms with van der Waals surface area (Å²) in [5, 5.41) is 0.343. The second-order valence-corrected chi connectivity index (χ2v) is 5.64. The number of piperidine rings is 1. The van der Waals surface area contributed by atoms with E-state index < -0.39 is 0 Å². The molecule has 0 radical (unpaired) electrons. The van der Waals surface area contributed by atoms with E-state index in [1.165, 1.54) is 19.4 Å². The maximum absolute atomic E-state index is 5.80. The normalized spacial score (nSPS) is 18.4. The van der Waals surface area contributed by atoms with Crippen LogP contribution < -0.4 is 0 Å². The minimum atomic E-state index is 0.343. The Balaban J connectivity index is 1.80. The van der Waals surface area contributed by atoms with Gasteiger partial charge in [0, 0.05) is 19.3 Å². The van der Waals surface area contributed by atoms with Crippen LogP contribution in [0.3, 0.4) is 0 Å². The van der Waals surface area contributed by atoms with Gasteiger partial charge >= 0.3 is 0 Å². The van der Waals surface area contributed by atoms with Crippen molar-refractivity contribution in [1.82, 2.24) is 19.8 Å². The molecule has 0 bridgehead atoms. The minimum Gasteiger partial charge on any atom is -0.309 e. The molecule has 1 aliphatic rings. The van der Waals surface area contributed by atoms with Crippen LogP contribution in [0.5, 0.6) is 0 Å². The van der Waals surface area contributed by atoms with Crippen LogP contribution >= 0.6 is 11.6 Å². The Hall–Kier alpha value is -0.710. The topological polar surface area (TPSA) is 32.3 Å². The number of rotatable bonds is 4. The van der Waals surface area contributed by atoms with Crippen molar-refractivity contribution >= 4 is 11.6 Å². The second kappa shape index (κ2) is 6.45. The number of likely N-dealkylation sites (tertiary alicyclic amines) is 1. The Morgan fingerprint density at radius 2 is 2.11 bits per heavy atom. The summed E-state index contributed by atoms with van der Waals surface area (Å²) in [5.74, 6) is 0.838. The van der Waals surface area contributed by atoms with Crippen LogP contribution in [0, 0.1) is 5.92 Å². The molecule has 1 aromatic rings. The summed E-state index contributed by atoms with van der Waals surface area (Å²) in [4.78, 5) is 12.9. The summed E-state index contributed by atoms with van der Waals surface area (Å²) in [5.41, 5.74) is 1.01. The Kier molecular flexibility index (Phi) is 4.92. The Morgan fingerprint density at radius 3 is 2.72 bits per heavy atom. The first-order valence-electron chi connectivity index (χ1n) is 6.48. The molecule has 0 N–H and O–H groups in total. The van der Waals surface area contributed by atoms with Gasteiger partial charge in [-0.05, 0) is 63.6 Å². The summed E-state index contributed by atoms with van der Waals surface area (Å²) < 4.78 is 0. The lowest BCUT2D eigenvalue weighted by molar-refractivity contribution is 0.155. The molecule has 0 amide bonds. The number of aromatic nitrogens is 2. The molecular formula is C13H21ClN4. The summed E-state index contributed by atoms with van der Waals surface area (Å²) in [6, 6.07) is 1.94. The van der Waals surface area contributed by atoms with Crippen molar-refractivity contribution in [2.24, 2.45) is 5.92 Å². The van der Waals surface area contributed by atoms with Crippen LogP contribution in [0.2, 0.25) is 5.28 Å². The third-order valence-electron chi connectivity index (χ3n) is 3.40. The SMILES string of the molecule is CN(C)CC1CCN(Cc2ccnc(Cl)n2)CC1. The van der Waals surface area contributed by atoms with Gasteiger partial charge < -0.3 is 4.90 Å². The van der Waals surface area contributed by atoms with Crippen LogP contribution in [0.4, 0.5) is 0 Å². The molecule has 4 nitrogen and oxygen atoms in total.